The van der Waals surface area contributed by atoms with Gasteiger partial charge in [0.1, 0.15) is 4.32 Å². The van der Waals surface area contributed by atoms with Crippen molar-refractivity contribution in [3.05, 3.63) is 45.1 Å². The van der Waals surface area contributed by atoms with Crippen LogP contribution in [0.15, 0.2) is 34.0 Å². The summed E-state index contributed by atoms with van der Waals surface area (Å²) in [5, 5.41) is 1.04. The van der Waals surface area contributed by atoms with Crippen LogP contribution < -0.4 is 10.5 Å². The number of piperidine rings is 1. The van der Waals surface area contributed by atoms with Crippen LogP contribution in [0.3, 0.4) is 0 Å². The first-order chi connectivity index (χ1) is 13.9. The highest BCUT2D eigenvalue weighted by Crippen LogP contribution is 2.37. The standard InChI is InChI=1S/C22H25N3O2S2/c1-14(2)25-21(27)18(29-22(25)28)13-16-19(24-11-7-4-8-12-24)15-9-5-6-10-17(15)23(3)20(16)26/h5-6,9-10,13-14H,4,7-8,11-12H2,1-3H3. The molecule has 1 aromatic carbocycles. The molecule has 29 heavy (non-hydrogen) atoms. The molecule has 0 radical (unpaired) electrons. The van der Waals surface area contributed by atoms with Crippen LogP contribution in [0.1, 0.15) is 38.7 Å². The largest absolute Gasteiger partial charge is 0.370 e. The first kappa shape index (κ1) is 20.2. The van der Waals surface area contributed by atoms with Gasteiger partial charge in [-0.05, 0) is 45.3 Å². The van der Waals surface area contributed by atoms with Crippen molar-refractivity contribution in [1.82, 2.24) is 9.47 Å². The van der Waals surface area contributed by atoms with Crippen LogP contribution >= 0.6 is 24.0 Å². The lowest BCUT2D eigenvalue weighted by molar-refractivity contribution is -0.123. The molecule has 3 heterocycles. The lowest BCUT2D eigenvalue weighted by atomic mass is 10.0. The number of anilines is 1. The van der Waals surface area contributed by atoms with E-state index in [2.05, 4.69) is 11.0 Å². The number of aryl methyl sites for hydroxylation is 1. The lowest BCUT2D eigenvalue weighted by Crippen LogP contribution is -2.35. The van der Waals surface area contributed by atoms with E-state index in [1.54, 1.807) is 22.6 Å². The fourth-order valence-electron chi connectivity index (χ4n) is 4.15. The number of pyridine rings is 1. The van der Waals surface area contributed by atoms with Crippen molar-refractivity contribution in [2.75, 3.05) is 18.0 Å². The SMILES string of the molecule is CC(C)N1C(=O)C(=Cc2c(N3CCCCC3)c3ccccc3n(C)c2=O)SC1=S. The second-order valence-electron chi connectivity index (χ2n) is 7.84. The number of carbonyl (C=O) groups excluding carboxylic acids is 1. The Balaban J connectivity index is 1.94. The summed E-state index contributed by atoms with van der Waals surface area (Å²) in [6.07, 6.45) is 5.19. The number of thiocarbonyl (C=S) groups is 1. The molecule has 7 heteroatoms. The van der Waals surface area contributed by atoms with Gasteiger partial charge in [-0.15, -0.1) is 0 Å². The molecule has 0 N–H and O–H groups in total. The van der Waals surface area contributed by atoms with Crippen LogP contribution in [0.5, 0.6) is 0 Å². The van der Waals surface area contributed by atoms with E-state index in [1.807, 2.05) is 32.0 Å². The van der Waals surface area contributed by atoms with Gasteiger partial charge in [0.15, 0.2) is 0 Å². The summed E-state index contributed by atoms with van der Waals surface area (Å²) in [6.45, 7) is 5.74. The number of hydrogen-bond acceptors (Lipinski definition) is 5. The average molecular weight is 428 g/mol. The predicted octanol–water partition coefficient (Wildman–Crippen LogP) is 4.14. The molecule has 5 nitrogen and oxygen atoms in total. The summed E-state index contributed by atoms with van der Waals surface area (Å²) in [4.78, 5) is 30.8. The topological polar surface area (TPSA) is 45.6 Å². The maximum absolute atomic E-state index is 13.4. The molecule has 152 valence electrons. The molecule has 0 aliphatic carbocycles. The van der Waals surface area contributed by atoms with E-state index in [1.165, 1.54) is 18.2 Å². The Morgan fingerprint density at radius 1 is 1.10 bits per heavy atom. The van der Waals surface area contributed by atoms with Crippen molar-refractivity contribution in [3.63, 3.8) is 0 Å². The van der Waals surface area contributed by atoms with Crippen molar-refractivity contribution >= 4 is 56.9 Å². The molecular formula is C22H25N3O2S2. The van der Waals surface area contributed by atoms with Gasteiger partial charge in [0, 0.05) is 31.6 Å². The van der Waals surface area contributed by atoms with Crippen LogP contribution in [0.25, 0.3) is 17.0 Å². The summed E-state index contributed by atoms with van der Waals surface area (Å²) >= 11 is 6.70. The lowest BCUT2D eigenvalue weighted by Gasteiger charge is -2.31. The van der Waals surface area contributed by atoms with E-state index in [0.717, 1.165) is 42.5 Å². The minimum Gasteiger partial charge on any atom is -0.370 e. The van der Waals surface area contributed by atoms with E-state index in [-0.39, 0.29) is 17.5 Å². The number of rotatable bonds is 3. The number of fused-ring (bicyclic) bond motifs is 1. The fourth-order valence-corrected chi connectivity index (χ4v) is 5.65. The summed E-state index contributed by atoms with van der Waals surface area (Å²) in [6, 6.07) is 7.99. The number of thioether (sulfide) groups is 1. The van der Waals surface area contributed by atoms with E-state index in [4.69, 9.17) is 12.2 Å². The Morgan fingerprint density at radius 3 is 2.45 bits per heavy atom. The first-order valence-corrected chi connectivity index (χ1v) is 11.3. The van der Waals surface area contributed by atoms with Gasteiger partial charge in [0.2, 0.25) is 0 Å². The highest BCUT2D eigenvalue weighted by molar-refractivity contribution is 8.26. The van der Waals surface area contributed by atoms with Gasteiger partial charge in [0.05, 0.1) is 21.7 Å². The second-order valence-corrected chi connectivity index (χ2v) is 9.51. The third-order valence-corrected chi connectivity index (χ3v) is 6.93. The number of hydrogen-bond donors (Lipinski definition) is 0. The van der Waals surface area contributed by atoms with Gasteiger partial charge < -0.3 is 9.47 Å². The van der Waals surface area contributed by atoms with Crippen molar-refractivity contribution in [2.45, 2.75) is 39.2 Å². The number of nitrogens with zero attached hydrogens (tertiary/aromatic N) is 3. The molecule has 2 aliphatic rings. The monoisotopic (exact) mass is 427 g/mol. The quantitative estimate of drug-likeness (QED) is 0.544. The molecule has 2 aliphatic heterocycles. The van der Waals surface area contributed by atoms with Gasteiger partial charge in [-0.2, -0.15) is 0 Å². The second kappa shape index (κ2) is 7.95. The van der Waals surface area contributed by atoms with Crippen molar-refractivity contribution in [2.24, 2.45) is 7.05 Å². The zero-order valence-electron chi connectivity index (χ0n) is 17.0. The van der Waals surface area contributed by atoms with Crippen molar-refractivity contribution in [3.8, 4) is 0 Å². The van der Waals surface area contributed by atoms with Crippen LogP contribution in [0, 0.1) is 0 Å². The Bertz CT molecular complexity index is 1080. The maximum Gasteiger partial charge on any atom is 0.266 e. The van der Waals surface area contributed by atoms with E-state index < -0.39 is 0 Å². The Morgan fingerprint density at radius 2 is 1.79 bits per heavy atom. The van der Waals surface area contributed by atoms with Crippen LogP contribution in [0.4, 0.5) is 5.69 Å². The summed E-state index contributed by atoms with van der Waals surface area (Å²) in [5.41, 5.74) is 2.35. The molecule has 2 saturated heterocycles. The molecule has 0 saturated carbocycles. The smallest absolute Gasteiger partial charge is 0.266 e. The fraction of sp³-hybridized carbons (Fsp3) is 0.409. The Kier molecular flexibility index (Phi) is 5.53. The van der Waals surface area contributed by atoms with Gasteiger partial charge in [-0.1, -0.05) is 42.2 Å². The normalized spacial score (nSPS) is 19.2. The minimum atomic E-state index is -0.116. The van der Waals surface area contributed by atoms with E-state index >= 15 is 0 Å². The molecule has 0 atom stereocenters. The number of carbonyl (C=O) groups is 1. The Hall–Kier alpha value is -2.12. The summed E-state index contributed by atoms with van der Waals surface area (Å²) in [5.74, 6) is -0.116. The van der Waals surface area contributed by atoms with Crippen molar-refractivity contribution < 1.29 is 4.79 Å². The van der Waals surface area contributed by atoms with Gasteiger partial charge in [0.25, 0.3) is 11.5 Å². The zero-order chi connectivity index (χ0) is 20.7. The van der Waals surface area contributed by atoms with Crippen molar-refractivity contribution in [1.29, 1.82) is 0 Å². The molecule has 1 amide bonds. The third-order valence-electron chi connectivity index (χ3n) is 5.60. The van der Waals surface area contributed by atoms with Crippen LogP contribution in [-0.4, -0.2) is 38.8 Å². The molecule has 0 spiro atoms. The molecule has 0 bridgehead atoms. The van der Waals surface area contributed by atoms with Gasteiger partial charge in [-0.25, -0.2) is 0 Å². The minimum absolute atomic E-state index is 0.00518. The summed E-state index contributed by atoms with van der Waals surface area (Å²) < 4.78 is 2.23. The van der Waals surface area contributed by atoms with Crippen LogP contribution in [0.2, 0.25) is 0 Å². The molecule has 2 fully saturated rings. The first-order valence-electron chi connectivity index (χ1n) is 10.0. The molecule has 2 aromatic rings. The highest BCUT2D eigenvalue weighted by atomic mass is 32.2. The van der Waals surface area contributed by atoms with Gasteiger partial charge >= 0.3 is 0 Å². The Labute approximate surface area is 180 Å². The highest BCUT2D eigenvalue weighted by Gasteiger charge is 2.34. The maximum atomic E-state index is 13.4. The average Bonchev–Trinajstić information content (AvgIpc) is 3.00. The molecular weight excluding hydrogens is 402 g/mol. The van der Waals surface area contributed by atoms with E-state index in [9.17, 15) is 9.59 Å². The summed E-state index contributed by atoms with van der Waals surface area (Å²) in [7, 11) is 1.79. The van der Waals surface area contributed by atoms with Crippen LogP contribution in [-0.2, 0) is 11.8 Å². The third kappa shape index (κ3) is 3.51. The predicted molar refractivity (Wildman–Crippen MR) is 125 cm³/mol. The number of para-hydroxylation sites is 1. The number of amides is 1. The number of benzene rings is 1. The van der Waals surface area contributed by atoms with Gasteiger partial charge in [-0.3, -0.25) is 14.5 Å². The molecule has 4 rings (SSSR count). The molecule has 1 aromatic heterocycles. The van der Waals surface area contributed by atoms with E-state index in [0.29, 0.717) is 14.8 Å². The molecule has 0 unspecified atom stereocenters. The number of aromatic nitrogens is 1. The zero-order valence-corrected chi connectivity index (χ0v) is 18.6.